The van der Waals surface area contributed by atoms with Crippen LogP contribution in [0.15, 0.2) is 30.9 Å². The average Bonchev–Trinajstić information content (AvgIpc) is 2.31. The molecule has 0 saturated heterocycles. The van der Waals surface area contributed by atoms with Gasteiger partial charge in [-0.05, 0) is 31.5 Å². The first-order valence-corrected chi connectivity index (χ1v) is 6.03. The van der Waals surface area contributed by atoms with Gasteiger partial charge >= 0.3 is 12.0 Å². The number of carboxylic acid groups (broad SMARTS) is 1. The van der Waals surface area contributed by atoms with Crippen molar-refractivity contribution >= 4 is 29.3 Å². The van der Waals surface area contributed by atoms with Crippen LogP contribution in [0.25, 0.3) is 0 Å². The smallest absolute Gasteiger partial charge is 0.335 e. The van der Waals surface area contributed by atoms with Gasteiger partial charge in [-0.1, -0.05) is 17.7 Å². The molecule has 1 aromatic carbocycles. The van der Waals surface area contributed by atoms with Crippen LogP contribution in [0.4, 0.5) is 10.5 Å². The lowest BCUT2D eigenvalue weighted by Gasteiger charge is -2.13. The van der Waals surface area contributed by atoms with Crippen LogP contribution in [0.5, 0.6) is 0 Å². The molecule has 0 aliphatic carbocycles. The molecule has 1 rings (SSSR count). The number of nitrogens with one attached hydrogen (secondary N) is 2. The van der Waals surface area contributed by atoms with Gasteiger partial charge in [-0.15, -0.1) is 6.58 Å². The molecule has 6 heteroatoms. The lowest BCUT2D eigenvalue weighted by atomic mass is 10.2. The van der Waals surface area contributed by atoms with Gasteiger partial charge in [0.2, 0.25) is 0 Å². The van der Waals surface area contributed by atoms with Crippen molar-refractivity contribution in [2.75, 3.05) is 5.32 Å². The maximum Gasteiger partial charge on any atom is 0.335 e. The minimum absolute atomic E-state index is 0.0467. The topological polar surface area (TPSA) is 78.4 Å². The van der Waals surface area contributed by atoms with Gasteiger partial charge < -0.3 is 15.7 Å². The molecule has 19 heavy (non-hydrogen) atoms. The van der Waals surface area contributed by atoms with Crippen molar-refractivity contribution in [2.45, 2.75) is 19.4 Å². The molecule has 0 saturated carbocycles. The first-order chi connectivity index (χ1) is 8.93. The van der Waals surface area contributed by atoms with E-state index >= 15 is 0 Å². The van der Waals surface area contributed by atoms with Crippen molar-refractivity contribution in [3.63, 3.8) is 0 Å². The molecule has 0 heterocycles. The second-order valence-electron chi connectivity index (χ2n) is 4.02. The average molecular weight is 283 g/mol. The Kier molecular flexibility index (Phi) is 5.38. The fraction of sp³-hybridized carbons (Fsp3) is 0.231. The zero-order valence-corrected chi connectivity index (χ0v) is 11.2. The molecule has 102 valence electrons. The molecule has 0 aliphatic rings. The van der Waals surface area contributed by atoms with Gasteiger partial charge in [0.05, 0.1) is 16.3 Å². The highest BCUT2D eigenvalue weighted by atomic mass is 35.5. The van der Waals surface area contributed by atoms with Crippen LogP contribution in [-0.2, 0) is 0 Å². The molecule has 1 unspecified atom stereocenters. The number of carboxylic acids is 1. The van der Waals surface area contributed by atoms with Crippen LogP contribution in [0.1, 0.15) is 23.7 Å². The van der Waals surface area contributed by atoms with E-state index in [9.17, 15) is 9.59 Å². The van der Waals surface area contributed by atoms with Crippen molar-refractivity contribution in [1.82, 2.24) is 5.32 Å². The van der Waals surface area contributed by atoms with Gasteiger partial charge in [0.1, 0.15) is 0 Å². The third-order valence-corrected chi connectivity index (χ3v) is 2.67. The second-order valence-corrected chi connectivity index (χ2v) is 4.43. The summed E-state index contributed by atoms with van der Waals surface area (Å²) in [6, 6.07) is 3.65. The summed E-state index contributed by atoms with van der Waals surface area (Å²) in [5, 5.41) is 14.2. The number of rotatable bonds is 5. The second kappa shape index (κ2) is 6.80. The fourth-order valence-electron chi connectivity index (χ4n) is 1.44. The third kappa shape index (κ3) is 4.63. The van der Waals surface area contributed by atoms with Gasteiger partial charge in [0, 0.05) is 6.04 Å². The molecule has 3 N–H and O–H groups in total. The predicted octanol–water partition coefficient (Wildman–Crippen LogP) is 3.12. The number of halogens is 1. The largest absolute Gasteiger partial charge is 0.478 e. The van der Waals surface area contributed by atoms with E-state index in [1.807, 2.05) is 6.92 Å². The SMILES string of the molecule is C=CCC(C)NC(=O)Nc1ccc(C(=O)O)cc1Cl. The molecular weight excluding hydrogens is 268 g/mol. The van der Waals surface area contributed by atoms with E-state index < -0.39 is 12.0 Å². The first kappa shape index (κ1) is 15.0. The van der Waals surface area contributed by atoms with Crippen LogP contribution in [0.2, 0.25) is 5.02 Å². The summed E-state index contributed by atoms with van der Waals surface area (Å²) in [5.74, 6) is -1.07. The molecule has 0 spiro atoms. The van der Waals surface area contributed by atoms with Crippen molar-refractivity contribution in [3.05, 3.63) is 41.4 Å². The molecule has 2 amide bonds. The molecule has 1 atom stereocenters. The van der Waals surface area contributed by atoms with Crippen molar-refractivity contribution in [2.24, 2.45) is 0 Å². The molecule has 0 bridgehead atoms. The monoisotopic (exact) mass is 282 g/mol. The Balaban J connectivity index is 2.69. The van der Waals surface area contributed by atoms with Crippen molar-refractivity contribution in [1.29, 1.82) is 0 Å². The highest BCUT2D eigenvalue weighted by molar-refractivity contribution is 6.34. The summed E-state index contributed by atoms with van der Waals surface area (Å²) >= 11 is 5.89. The summed E-state index contributed by atoms with van der Waals surface area (Å²) in [6.45, 7) is 5.43. The van der Waals surface area contributed by atoms with Crippen molar-refractivity contribution in [3.8, 4) is 0 Å². The number of hydrogen-bond donors (Lipinski definition) is 3. The van der Waals surface area contributed by atoms with E-state index in [-0.39, 0.29) is 16.6 Å². The van der Waals surface area contributed by atoms with Crippen LogP contribution in [0.3, 0.4) is 0 Å². The summed E-state index contributed by atoms with van der Waals surface area (Å²) in [7, 11) is 0. The summed E-state index contributed by atoms with van der Waals surface area (Å²) in [6.07, 6.45) is 2.36. The van der Waals surface area contributed by atoms with E-state index in [1.54, 1.807) is 6.08 Å². The zero-order chi connectivity index (χ0) is 14.4. The molecule has 0 fully saturated rings. The number of carbonyl (C=O) groups is 2. The lowest BCUT2D eigenvalue weighted by molar-refractivity contribution is 0.0697. The number of urea groups is 1. The van der Waals surface area contributed by atoms with E-state index in [2.05, 4.69) is 17.2 Å². The Bertz CT molecular complexity index is 503. The Morgan fingerprint density at radius 3 is 2.74 bits per heavy atom. The number of hydrogen-bond acceptors (Lipinski definition) is 2. The minimum Gasteiger partial charge on any atom is -0.478 e. The first-order valence-electron chi connectivity index (χ1n) is 5.65. The normalized spacial score (nSPS) is 11.5. The number of benzene rings is 1. The van der Waals surface area contributed by atoms with Gasteiger partial charge in [-0.25, -0.2) is 9.59 Å². The highest BCUT2D eigenvalue weighted by Gasteiger charge is 2.10. The quantitative estimate of drug-likeness (QED) is 0.726. The number of aromatic carboxylic acids is 1. The van der Waals surface area contributed by atoms with Gasteiger partial charge in [-0.3, -0.25) is 0 Å². The maximum atomic E-state index is 11.6. The van der Waals surface area contributed by atoms with Crippen LogP contribution < -0.4 is 10.6 Å². The Morgan fingerprint density at radius 1 is 1.53 bits per heavy atom. The number of carbonyl (C=O) groups excluding carboxylic acids is 1. The molecule has 0 aromatic heterocycles. The van der Waals surface area contributed by atoms with E-state index in [1.165, 1.54) is 18.2 Å². The van der Waals surface area contributed by atoms with Gasteiger partial charge in [0.25, 0.3) is 0 Å². The lowest BCUT2D eigenvalue weighted by Crippen LogP contribution is -2.35. The molecule has 5 nitrogen and oxygen atoms in total. The third-order valence-electron chi connectivity index (χ3n) is 2.36. The summed E-state index contributed by atoms with van der Waals surface area (Å²) in [4.78, 5) is 22.4. The molecule has 0 aliphatic heterocycles. The molecule has 0 radical (unpaired) electrons. The van der Waals surface area contributed by atoms with Crippen LogP contribution >= 0.6 is 11.6 Å². The van der Waals surface area contributed by atoms with Crippen LogP contribution in [-0.4, -0.2) is 23.1 Å². The van der Waals surface area contributed by atoms with E-state index in [0.29, 0.717) is 12.1 Å². The summed E-state index contributed by atoms with van der Waals surface area (Å²) in [5.41, 5.74) is 0.422. The Morgan fingerprint density at radius 2 is 2.21 bits per heavy atom. The highest BCUT2D eigenvalue weighted by Crippen LogP contribution is 2.23. The Labute approximate surface area is 116 Å². The molecule has 1 aromatic rings. The number of amides is 2. The van der Waals surface area contributed by atoms with Gasteiger partial charge in [-0.2, -0.15) is 0 Å². The van der Waals surface area contributed by atoms with Crippen molar-refractivity contribution < 1.29 is 14.7 Å². The maximum absolute atomic E-state index is 11.6. The van der Waals surface area contributed by atoms with E-state index in [4.69, 9.17) is 16.7 Å². The predicted molar refractivity (Wildman–Crippen MR) is 74.8 cm³/mol. The van der Waals surface area contributed by atoms with E-state index in [0.717, 1.165) is 0 Å². The minimum atomic E-state index is -1.07. The number of anilines is 1. The summed E-state index contributed by atoms with van der Waals surface area (Å²) < 4.78 is 0. The Hall–Kier alpha value is -2.01. The fourth-order valence-corrected chi connectivity index (χ4v) is 1.67. The van der Waals surface area contributed by atoms with Crippen LogP contribution in [0, 0.1) is 0 Å². The van der Waals surface area contributed by atoms with Gasteiger partial charge in [0.15, 0.2) is 0 Å². The zero-order valence-electron chi connectivity index (χ0n) is 10.4. The molecular formula is C13H15ClN2O3. The standard InChI is InChI=1S/C13H15ClN2O3/c1-3-4-8(2)15-13(19)16-11-6-5-9(12(17)18)7-10(11)14/h3,5-8H,1,4H2,2H3,(H,17,18)(H2,15,16,19).